The summed E-state index contributed by atoms with van der Waals surface area (Å²) in [6, 6.07) is 9.28. The number of hydrogen-bond acceptors (Lipinski definition) is 1. The molecular formula is C12H14N2. The Hall–Kier alpha value is -1.44. The molecule has 0 amide bonds. The van der Waals surface area contributed by atoms with Crippen molar-refractivity contribution in [1.82, 2.24) is 4.40 Å². The largest absolute Gasteiger partial charge is 0.358 e. The fourth-order valence-electron chi connectivity index (χ4n) is 2.38. The molecular weight excluding hydrogens is 172 g/mol. The van der Waals surface area contributed by atoms with Crippen LogP contribution >= 0.6 is 0 Å². The second kappa shape index (κ2) is 2.53. The van der Waals surface area contributed by atoms with E-state index >= 15 is 0 Å². The SMILES string of the molecule is CC1Cc2cc3ccccn3c2N1C. The van der Waals surface area contributed by atoms with Crippen LogP contribution in [-0.4, -0.2) is 17.5 Å². The lowest BCUT2D eigenvalue weighted by Crippen LogP contribution is -2.25. The Kier molecular flexibility index (Phi) is 1.43. The average Bonchev–Trinajstić information content (AvgIpc) is 2.65. The minimum atomic E-state index is 0.636. The molecule has 3 heterocycles. The molecule has 0 spiro atoms. The van der Waals surface area contributed by atoms with E-state index in [9.17, 15) is 0 Å². The van der Waals surface area contributed by atoms with E-state index in [0.29, 0.717) is 6.04 Å². The summed E-state index contributed by atoms with van der Waals surface area (Å²) in [5, 5.41) is 0. The summed E-state index contributed by atoms with van der Waals surface area (Å²) in [7, 11) is 2.18. The van der Waals surface area contributed by atoms with Crippen LogP contribution in [0.1, 0.15) is 12.5 Å². The van der Waals surface area contributed by atoms with Crippen LogP contribution in [0.3, 0.4) is 0 Å². The van der Waals surface area contributed by atoms with E-state index in [1.807, 2.05) is 0 Å². The minimum Gasteiger partial charge on any atom is -0.358 e. The lowest BCUT2D eigenvalue weighted by atomic mass is 10.2. The first-order valence-electron chi connectivity index (χ1n) is 5.09. The van der Waals surface area contributed by atoms with E-state index in [2.05, 4.69) is 53.7 Å². The van der Waals surface area contributed by atoms with Crippen LogP contribution in [0, 0.1) is 0 Å². The highest BCUT2D eigenvalue weighted by molar-refractivity contribution is 5.67. The van der Waals surface area contributed by atoms with Gasteiger partial charge in [-0.25, -0.2) is 0 Å². The van der Waals surface area contributed by atoms with E-state index in [-0.39, 0.29) is 0 Å². The highest BCUT2D eigenvalue weighted by atomic mass is 15.2. The molecule has 2 heteroatoms. The van der Waals surface area contributed by atoms with Crippen molar-refractivity contribution in [3.05, 3.63) is 36.0 Å². The smallest absolute Gasteiger partial charge is 0.116 e. The molecule has 2 aromatic heterocycles. The zero-order valence-electron chi connectivity index (χ0n) is 8.57. The first-order valence-corrected chi connectivity index (χ1v) is 5.09. The Morgan fingerprint density at radius 3 is 3.07 bits per heavy atom. The second-order valence-corrected chi connectivity index (χ2v) is 4.15. The maximum atomic E-state index is 2.36. The van der Waals surface area contributed by atoms with Crippen LogP contribution in [0.2, 0.25) is 0 Å². The predicted molar refractivity (Wildman–Crippen MR) is 59.0 cm³/mol. The van der Waals surface area contributed by atoms with Crippen LogP contribution in [0.15, 0.2) is 30.5 Å². The van der Waals surface area contributed by atoms with Crippen molar-refractivity contribution in [2.24, 2.45) is 0 Å². The summed E-state index contributed by atoms with van der Waals surface area (Å²) in [6.45, 7) is 2.27. The van der Waals surface area contributed by atoms with Crippen molar-refractivity contribution >= 4 is 11.3 Å². The summed E-state index contributed by atoms with van der Waals surface area (Å²) >= 11 is 0. The van der Waals surface area contributed by atoms with Crippen LogP contribution < -0.4 is 4.90 Å². The van der Waals surface area contributed by atoms with Gasteiger partial charge < -0.3 is 9.30 Å². The van der Waals surface area contributed by atoms with Crippen molar-refractivity contribution < 1.29 is 0 Å². The predicted octanol–water partition coefficient (Wildman–Crippen LogP) is 2.32. The average molecular weight is 186 g/mol. The molecule has 0 fully saturated rings. The van der Waals surface area contributed by atoms with Gasteiger partial charge in [-0.2, -0.15) is 0 Å². The maximum absolute atomic E-state index is 2.36. The van der Waals surface area contributed by atoms with Crippen molar-refractivity contribution in [2.45, 2.75) is 19.4 Å². The maximum Gasteiger partial charge on any atom is 0.116 e. The topological polar surface area (TPSA) is 7.65 Å². The van der Waals surface area contributed by atoms with Gasteiger partial charge >= 0.3 is 0 Å². The molecule has 2 nitrogen and oxygen atoms in total. The summed E-state index contributed by atoms with van der Waals surface area (Å²) in [4.78, 5) is 2.36. The third kappa shape index (κ3) is 0.857. The van der Waals surface area contributed by atoms with E-state index < -0.39 is 0 Å². The van der Waals surface area contributed by atoms with Crippen LogP contribution in [0.4, 0.5) is 5.82 Å². The molecule has 2 aromatic rings. The molecule has 0 saturated carbocycles. The van der Waals surface area contributed by atoms with Gasteiger partial charge in [-0.1, -0.05) is 6.07 Å². The third-order valence-electron chi connectivity index (χ3n) is 3.24. The number of pyridine rings is 1. The van der Waals surface area contributed by atoms with Gasteiger partial charge in [0.1, 0.15) is 5.82 Å². The minimum absolute atomic E-state index is 0.636. The van der Waals surface area contributed by atoms with Gasteiger partial charge in [-0.15, -0.1) is 0 Å². The molecule has 1 aliphatic rings. The summed E-state index contributed by atoms with van der Waals surface area (Å²) in [6.07, 6.45) is 3.32. The molecule has 0 bridgehead atoms. The van der Waals surface area contributed by atoms with Crippen molar-refractivity contribution in [3.63, 3.8) is 0 Å². The van der Waals surface area contributed by atoms with Crippen molar-refractivity contribution in [2.75, 3.05) is 11.9 Å². The fraction of sp³-hybridized carbons (Fsp3) is 0.333. The van der Waals surface area contributed by atoms with Crippen LogP contribution in [0.5, 0.6) is 0 Å². The number of aromatic nitrogens is 1. The Morgan fingerprint density at radius 2 is 2.21 bits per heavy atom. The highest BCUT2D eigenvalue weighted by Crippen LogP contribution is 2.33. The molecule has 0 saturated heterocycles. The molecule has 1 unspecified atom stereocenters. The number of hydrogen-bond donors (Lipinski definition) is 0. The molecule has 0 aromatic carbocycles. The molecule has 3 rings (SSSR count). The second-order valence-electron chi connectivity index (χ2n) is 4.15. The highest BCUT2D eigenvalue weighted by Gasteiger charge is 2.25. The van der Waals surface area contributed by atoms with E-state index in [1.165, 1.54) is 23.3 Å². The Morgan fingerprint density at radius 1 is 1.36 bits per heavy atom. The van der Waals surface area contributed by atoms with Gasteiger partial charge in [-0.3, -0.25) is 0 Å². The van der Waals surface area contributed by atoms with E-state index in [0.717, 1.165) is 0 Å². The number of likely N-dealkylation sites (N-methyl/N-ethyl adjacent to an activating group) is 1. The van der Waals surface area contributed by atoms with Crippen LogP contribution in [-0.2, 0) is 6.42 Å². The fourth-order valence-corrected chi connectivity index (χ4v) is 2.38. The lowest BCUT2D eigenvalue weighted by Gasteiger charge is -2.19. The first-order chi connectivity index (χ1) is 6.77. The normalized spacial score (nSPS) is 20.4. The standard InChI is InChI=1S/C12H14N2/c1-9-7-10-8-11-5-3-4-6-14(11)12(10)13(9)2/h3-6,8-9H,7H2,1-2H3. The Balaban J connectivity index is 2.32. The van der Waals surface area contributed by atoms with Crippen LogP contribution in [0.25, 0.3) is 5.52 Å². The number of fused-ring (bicyclic) bond motifs is 3. The summed E-state index contributed by atoms with van der Waals surface area (Å²) in [5.41, 5.74) is 2.78. The van der Waals surface area contributed by atoms with Gasteiger partial charge in [0, 0.05) is 24.8 Å². The monoisotopic (exact) mass is 186 g/mol. The van der Waals surface area contributed by atoms with Gasteiger partial charge in [0.25, 0.3) is 0 Å². The van der Waals surface area contributed by atoms with Crippen molar-refractivity contribution in [3.8, 4) is 0 Å². The Labute approximate surface area is 83.8 Å². The van der Waals surface area contributed by atoms with E-state index in [1.54, 1.807) is 0 Å². The quantitative estimate of drug-likeness (QED) is 0.612. The van der Waals surface area contributed by atoms with Gasteiger partial charge in [0.05, 0.1) is 0 Å². The van der Waals surface area contributed by atoms with Gasteiger partial charge in [-0.05, 0) is 37.1 Å². The molecule has 1 aliphatic heterocycles. The molecule has 0 radical (unpaired) electrons. The molecule has 0 aliphatic carbocycles. The number of nitrogens with zero attached hydrogens (tertiary/aromatic N) is 2. The lowest BCUT2D eigenvalue weighted by molar-refractivity contribution is 0.723. The summed E-state index contributed by atoms with van der Waals surface area (Å²) in [5.74, 6) is 1.37. The zero-order valence-corrected chi connectivity index (χ0v) is 8.57. The van der Waals surface area contributed by atoms with Gasteiger partial charge in [0.15, 0.2) is 0 Å². The van der Waals surface area contributed by atoms with Gasteiger partial charge in [0.2, 0.25) is 0 Å². The molecule has 14 heavy (non-hydrogen) atoms. The number of rotatable bonds is 0. The number of anilines is 1. The first kappa shape index (κ1) is 7.92. The van der Waals surface area contributed by atoms with Crippen molar-refractivity contribution in [1.29, 1.82) is 0 Å². The molecule has 72 valence electrons. The van der Waals surface area contributed by atoms with E-state index in [4.69, 9.17) is 0 Å². The molecule has 1 atom stereocenters. The third-order valence-corrected chi connectivity index (χ3v) is 3.24. The summed E-state index contributed by atoms with van der Waals surface area (Å²) < 4.78 is 2.28. The molecule has 0 N–H and O–H groups in total. The Bertz CT molecular complexity index is 484. The zero-order chi connectivity index (χ0) is 9.71.